The highest BCUT2D eigenvalue weighted by Gasteiger charge is 2.28. The summed E-state index contributed by atoms with van der Waals surface area (Å²) in [6, 6.07) is 0. The topological polar surface area (TPSA) is 38.8 Å². The van der Waals surface area contributed by atoms with Crippen LogP contribution in [0.5, 0.6) is 0 Å². The Balaban J connectivity index is 1.78. The fourth-order valence-electron chi connectivity index (χ4n) is 2.87. The monoisotopic (exact) mass is 241 g/mol. The van der Waals surface area contributed by atoms with Crippen molar-refractivity contribution >= 4 is 5.97 Å². The van der Waals surface area contributed by atoms with Gasteiger partial charge in [-0.05, 0) is 38.1 Å². The number of rotatable bonds is 3. The highest BCUT2D eigenvalue weighted by molar-refractivity contribution is 5.72. The molecule has 0 aromatic heterocycles. The first-order valence-electron chi connectivity index (χ1n) is 6.67. The summed E-state index contributed by atoms with van der Waals surface area (Å²) in [6.07, 6.45) is 4.43. The van der Waals surface area contributed by atoms with E-state index in [1.165, 1.54) is 20.0 Å². The van der Waals surface area contributed by atoms with Crippen LogP contribution in [0.2, 0.25) is 0 Å². The molecular formula is C13H23NO3. The lowest BCUT2D eigenvalue weighted by Gasteiger charge is -2.34. The van der Waals surface area contributed by atoms with E-state index in [0.717, 1.165) is 51.6 Å². The van der Waals surface area contributed by atoms with Gasteiger partial charge in [-0.1, -0.05) is 0 Å². The van der Waals surface area contributed by atoms with Gasteiger partial charge in [0, 0.05) is 26.3 Å². The number of hydrogen-bond donors (Lipinski definition) is 0. The molecule has 2 saturated heterocycles. The van der Waals surface area contributed by atoms with Crippen molar-refractivity contribution in [3.05, 3.63) is 0 Å². The summed E-state index contributed by atoms with van der Waals surface area (Å²) in [6.45, 7) is 4.93. The summed E-state index contributed by atoms with van der Waals surface area (Å²) in [5, 5.41) is 0. The zero-order chi connectivity index (χ0) is 12.1. The maximum Gasteiger partial charge on any atom is 0.309 e. The third kappa shape index (κ3) is 3.68. The number of methoxy groups -OCH3 is 1. The molecule has 0 radical (unpaired) electrons. The molecule has 2 fully saturated rings. The van der Waals surface area contributed by atoms with Crippen molar-refractivity contribution < 1.29 is 14.3 Å². The van der Waals surface area contributed by atoms with Gasteiger partial charge in [0.05, 0.1) is 13.0 Å². The van der Waals surface area contributed by atoms with Gasteiger partial charge in [-0.15, -0.1) is 0 Å². The van der Waals surface area contributed by atoms with E-state index in [9.17, 15) is 4.79 Å². The standard InChI is InChI=1S/C13H23NO3/c1-16-13(15)12-3-2-6-14(10-12)9-11-4-7-17-8-5-11/h11-12H,2-10H2,1H3/t12-/m0/s1. The zero-order valence-electron chi connectivity index (χ0n) is 10.7. The molecule has 2 rings (SSSR count). The normalized spacial score (nSPS) is 27.9. The van der Waals surface area contributed by atoms with E-state index in [1.807, 2.05) is 0 Å². The Hall–Kier alpha value is -0.610. The second-order valence-electron chi connectivity index (χ2n) is 5.18. The van der Waals surface area contributed by atoms with Crippen molar-refractivity contribution in [3.63, 3.8) is 0 Å². The minimum Gasteiger partial charge on any atom is -0.469 e. The lowest BCUT2D eigenvalue weighted by molar-refractivity contribution is -0.147. The van der Waals surface area contributed by atoms with Gasteiger partial charge in [0.15, 0.2) is 0 Å². The number of hydrogen-bond acceptors (Lipinski definition) is 4. The summed E-state index contributed by atoms with van der Waals surface area (Å²) in [5.41, 5.74) is 0. The van der Waals surface area contributed by atoms with Crippen molar-refractivity contribution in [1.82, 2.24) is 4.90 Å². The molecule has 0 aliphatic carbocycles. The van der Waals surface area contributed by atoms with Gasteiger partial charge in [-0.25, -0.2) is 0 Å². The van der Waals surface area contributed by atoms with Crippen LogP contribution in [-0.4, -0.2) is 50.8 Å². The third-order valence-electron chi connectivity index (χ3n) is 3.90. The third-order valence-corrected chi connectivity index (χ3v) is 3.90. The van der Waals surface area contributed by atoms with Crippen LogP contribution in [0.15, 0.2) is 0 Å². The maximum absolute atomic E-state index is 11.5. The molecule has 98 valence electrons. The average molecular weight is 241 g/mol. The Morgan fingerprint density at radius 1 is 1.35 bits per heavy atom. The summed E-state index contributed by atoms with van der Waals surface area (Å²) >= 11 is 0. The molecule has 0 aromatic carbocycles. The zero-order valence-corrected chi connectivity index (χ0v) is 10.7. The van der Waals surface area contributed by atoms with Gasteiger partial charge in [0.25, 0.3) is 0 Å². The molecule has 0 bridgehead atoms. The van der Waals surface area contributed by atoms with Crippen LogP contribution in [0.25, 0.3) is 0 Å². The molecule has 0 spiro atoms. The van der Waals surface area contributed by atoms with Gasteiger partial charge in [-0.2, -0.15) is 0 Å². The fraction of sp³-hybridized carbons (Fsp3) is 0.923. The molecule has 1 atom stereocenters. The molecule has 17 heavy (non-hydrogen) atoms. The Kier molecular flexibility index (Phi) is 4.80. The number of likely N-dealkylation sites (tertiary alicyclic amines) is 1. The number of piperidine rings is 1. The first-order chi connectivity index (χ1) is 8.29. The highest BCUT2D eigenvalue weighted by Crippen LogP contribution is 2.22. The Morgan fingerprint density at radius 2 is 2.12 bits per heavy atom. The number of ether oxygens (including phenoxy) is 2. The molecule has 0 unspecified atom stereocenters. The summed E-state index contributed by atoms with van der Waals surface area (Å²) in [5.74, 6) is 0.801. The molecule has 0 saturated carbocycles. The van der Waals surface area contributed by atoms with Crippen molar-refractivity contribution in [2.45, 2.75) is 25.7 Å². The first-order valence-corrected chi connectivity index (χ1v) is 6.67. The maximum atomic E-state index is 11.5. The SMILES string of the molecule is COC(=O)[C@H]1CCCN(CC2CCOCC2)C1. The summed E-state index contributed by atoms with van der Waals surface area (Å²) < 4.78 is 10.2. The molecule has 2 heterocycles. The highest BCUT2D eigenvalue weighted by atomic mass is 16.5. The van der Waals surface area contributed by atoms with E-state index in [2.05, 4.69) is 4.90 Å². The quantitative estimate of drug-likeness (QED) is 0.698. The van der Waals surface area contributed by atoms with Gasteiger partial charge in [0.1, 0.15) is 0 Å². The molecule has 0 aromatic rings. The summed E-state index contributed by atoms with van der Waals surface area (Å²) in [7, 11) is 1.49. The van der Waals surface area contributed by atoms with Crippen LogP contribution >= 0.6 is 0 Å². The second-order valence-corrected chi connectivity index (χ2v) is 5.18. The first kappa shape index (κ1) is 12.8. The lowest BCUT2D eigenvalue weighted by atomic mass is 9.94. The van der Waals surface area contributed by atoms with Gasteiger partial charge in [-0.3, -0.25) is 4.79 Å². The molecule has 4 heteroatoms. The van der Waals surface area contributed by atoms with E-state index < -0.39 is 0 Å². The van der Waals surface area contributed by atoms with Crippen molar-refractivity contribution in [1.29, 1.82) is 0 Å². The molecule has 4 nitrogen and oxygen atoms in total. The molecule has 0 N–H and O–H groups in total. The second kappa shape index (κ2) is 6.36. The summed E-state index contributed by atoms with van der Waals surface area (Å²) in [4.78, 5) is 14.0. The van der Waals surface area contributed by atoms with E-state index in [0.29, 0.717) is 0 Å². The minimum absolute atomic E-state index is 0.0401. The smallest absolute Gasteiger partial charge is 0.309 e. The van der Waals surface area contributed by atoms with Crippen LogP contribution in [0.3, 0.4) is 0 Å². The Morgan fingerprint density at radius 3 is 2.82 bits per heavy atom. The molecule has 0 amide bonds. The Bertz CT molecular complexity index is 251. The van der Waals surface area contributed by atoms with E-state index in [4.69, 9.17) is 9.47 Å². The van der Waals surface area contributed by atoms with E-state index >= 15 is 0 Å². The van der Waals surface area contributed by atoms with E-state index in [-0.39, 0.29) is 11.9 Å². The minimum atomic E-state index is -0.0401. The molecule has 2 aliphatic heterocycles. The van der Waals surface area contributed by atoms with Crippen LogP contribution in [-0.2, 0) is 14.3 Å². The van der Waals surface area contributed by atoms with Gasteiger partial charge < -0.3 is 14.4 Å². The van der Waals surface area contributed by atoms with Crippen molar-refractivity contribution in [3.8, 4) is 0 Å². The predicted octanol–water partition coefficient (Wildman–Crippen LogP) is 1.30. The van der Waals surface area contributed by atoms with Crippen molar-refractivity contribution in [2.75, 3.05) is 40.0 Å². The van der Waals surface area contributed by atoms with Crippen LogP contribution in [0.1, 0.15) is 25.7 Å². The fourth-order valence-corrected chi connectivity index (χ4v) is 2.87. The van der Waals surface area contributed by atoms with Crippen LogP contribution < -0.4 is 0 Å². The van der Waals surface area contributed by atoms with E-state index in [1.54, 1.807) is 0 Å². The number of nitrogens with zero attached hydrogens (tertiary/aromatic N) is 1. The molecule has 2 aliphatic rings. The van der Waals surface area contributed by atoms with Crippen molar-refractivity contribution in [2.24, 2.45) is 11.8 Å². The average Bonchev–Trinajstić information content (AvgIpc) is 2.39. The number of carbonyl (C=O) groups is 1. The number of carbonyl (C=O) groups excluding carboxylic acids is 1. The largest absolute Gasteiger partial charge is 0.469 e. The van der Waals surface area contributed by atoms with Crippen LogP contribution in [0.4, 0.5) is 0 Å². The van der Waals surface area contributed by atoms with Gasteiger partial charge in [0.2, 0.25) is 0 Å². The van der Waals surface area contributed by atoms with Crippen LogP contribution in [0, 0.1) is 11.8 Å². The number of esters is 1. The lowest BCUT2D eigenvalue weighted by Crippen LogP contribution is -2.42. The Labute approximate surface area is 103 Å². The van der Waals surface area contributed by atoms with Gasteiger partial charge >= 0.3 is 5.97 Å². The predicted molar refractivity (Wildman–Crippen MR) is 64.7 cm³/mol. The molecular weight excluding hydrogens is 218 g/mol.